The van der Waals surface area contributed by atoms with Crippen molar-refractivity contribution in [3.8, 4) is 0 Å². The van der Waals surface area contributed by atoms with Crippen LogP contribution in [-0.4, -0.2) is 87.0 Å². The van der Waals surface area contributed by atoms with E-state index in [9.17, 15) is 38.8 Å². The lowest BCUT2D eigenvalue weighted by atomic mass is 9.96. The van der Waals surface area contributed by atoms with E-state index in [2.05, 4.69) is 15.1 Å². The first kappa shape index (κ1) is 28.0. The fourth-order valence-electron chi connectivity index (χ4n) is 3.49. The minimum atomic E-state index is -4.02. The molecule has 2 fully saturated rings. The molecule has 6 N–H and O–H groups in total. The van der Waals surface area contributed by atoms with E-state index in [-0.39, 0.29) is 5.75 Å². The number of esters is 1. The Morgan fingerprint density at radius 2 is 2.08 bits per heavy atom. The van der Waals surface area contributed by atoms with Crippen LogP contribution in [0.1, 0.15) is 20.1 Å². The van der Waals surface area contributed by atoms with Crippen LogP contribution in [0.3, 0.4) is 0 Å². The number of aromatic amines is 1. The second-order valence-corrected chi connectivity index (χ2v) is 12.5. The molecule has 0 aromatic carbocycles. The van der Waals surface area contributed by atoms with Crippen LogP contribution in [0.15, 0.2) is 21.9 Å². The smallest absolute Gasteiger partial charge is 0.330 e. The third-order valence-electron chi connectivity index (χ3n) is 5.44. The standard InChI is InChI=1S/C18H26N5O11PS/c1-8(14(27)32-3)22-35(31,36-7-9-13(26)21-16(28)19-9)33-6-10-12(25)18(2,30)15(34-10)23-5-4-11(24)20-17(23)29/h4-5,8-10,12,15,25,30H,6-7H2,1-3H3,(H,22,31)(H,20,24,29)(H2,19,21,26,28)/t8-,9?,10-,12-,15-,18-,35+/m1/s1. The first-order valence-electron chi connectivity index (χ1n) is 10.5. The Balaban J connectivity index is 1.76. The number of rotatable bonds is 10. The summed E-state index contributed by atoms with van der Waals surface area (Å²) in [7, 11) is 1.13. The van der Waals surface area contributed by atoms with Gasteiger partial charge in [-0.3, -0.25) is 33.8 Å². The Hall–Kier alpha value is -2.53. The van der Waals surface area contributed by atoms with Crippen LogP contribution in [0.2, 0.25) is 0 Å². The van der Waals surface area contributed by atoms with Gasteiger partial charge >= 0.3 is 24.4 Å². The molecule has 1 aromatic rings. The van der Waals surface area contributed by atoms with E-state index in [0.29, 0.717) is 11.4 Å². The Bertz CT molecular complexity index is 1190. The second kappa shape index (κ2) is 10.8. The first-order chi connectivity index (χ1) is 16.8. The predicted octanol–water partition coefficient (Wildman–Crippen LogP) is -2.24. The number of ether oxygens (including phenoxy) is 2. The lowest BCUT2D eigenvalue weighted by Gasteiger charge is -2.27. The third-order valence-corrected chi connectivity index (χ3v) is 9.56. The van der Waals surface area contributed by atoms with E-state index in [0.717, 1.165) is 23.9 Å². The predicted molar refractivity (Wildman–Crippen MR) is 123 cm³/mol. The zero-order valence-electron chi connectivity index (χ0n) is 19.3. The molecule has 0 bridgehead atoms. The van der Waals surface area contributed by atoms with Gasteiger partial charge in [0.15, 0.2) is 6.23 Å². The van der Waals surface area contributed by atoms with Crippen molar-refractivity contribution in [1.82, 2.24) is 25.3 Å². The van der Waals surface area contributed by atoms with Gasteiger partial charge in [0.05, 0.1) is 13.7 Å². The minimum absolute atomic E-state index is 0.197. The van der Waals surface area contributed by atoms with Crippen molar-refractivity contribution in [2.24, 2.45) is 0 Å². The Kier molecular flexibility index (Phi) is 8.44. The molecule has 2 aliphatic rings. The average molecular weight is 551 g/mol. The zero-order chi connectivity index (χ0) is 26.8. The number of urea groups is 1. The normalized spacial score (nSPS) is 30.4. The molecule has 3 heterocycles. The molecule has 3 amide bonds. The molecule has 1 aromatic heterocycles. The van der Waals surface area contributed by atoms with Crippen molar-refractivity contribution in [3.63, 3.8) is 0 Å². The van der Waals surface area contributed by atoms with Gasteiger partial charge < -0.3 is 29.5 Å². The molecule has 0 saturated carbocycles. The topological polar surface area (TPSA) is 227 Å². The number of hydrogen-bond acceptors (Lipinski definition) is 12. The highest BCUT2D eigenvalue weighted by atomic mass is 32.7. The summed E-state index contributed by atoms with van der Waals surface area (Å²) in [5.74, 6) is -1.60. The van der Waals surface area contributed by atoms with E-state index >= 15 is 0 Å². The molecule has 36 heavy (non-hydrogen) atoms. The zero-order valence-corrected chi connectivity index (χ0v) is 21.0. The molecule has 0 spiro atoms. The molecule has 200 valence electrons. The van der Waals surface area contributed by atoms with E-state index in [4.69, 9.17) is 9.26 Å². The number of aliphatic hydroxyl groups excluding tert-OH is 1. The molecule has 3 rings (SSSR count). The monoisotopic (exact) mass is 551 g/mol. The number of nitrogens with one attached hydrogen (secondary N) is 4. The summed E-state index contributed by atoms with van der Waals surface area (Å²) >= 11 is 0.613. The Morgan fingerprint density at radius 1 is 1.39 bits per heavy atom. The molecule has 16 nitrogen and oxygen atoms in total. The van der Waals surface area contributed by atoms with Crippen LogP contribution in [0.4, 0.5) is 4.79 Å². The van der Waals surface area contributed by atoms with Gasteiger partial charge in [-0.15, -0.1) is 0 Å². The quantitative estimate of drug-likeness (QED) is 0.103. The van der Waals surface area contributed by atoms with Crippen molar-refractivity contribution in [1.29, 1.82) is 0 Å². The number of carbonyl (C=O) groups excluding carboxylic acids is 3. The number of aromatic nitrogens is 2. The molecule has 18 heteroatoms. The van der Waals surface area contributed by atoms with Crippen LogP contribution < -0.4 is 27.0 Å². The highest BCUT2D eigenvalue weighted by Gasteiger charge is 2.54. The van der Waals surface area contributed by atoms with Crippen LogP contribution in [0, 0.1) is 0 Å². The van der Waals surface area contributed by atoms with Gasteiger partial charge in [0.25, 0.3) is 11.5 Å². The number of carbonyl (C=O) groups is 3. The second-order valence-electron chi connectivity index (χ2n) is 8.19. The van der Waals surface area contributed by atoms with Gasteiger partial charge in [0, 0.05) is 18.0 Å². The Morgan fingerprint density at radius 3 is 2.67 bits per heavy atom. The summed E-state index contributed by atoms with van der Waals surface area (Å²) in [6.45, 7) is -2.05. The number of imide groups is 1. The van der Waals surface area contributed by atoms with Crippen molar-refractivity contribution in [2.75, 3.05) is 19.5 Å². The summed E-state index contributed by atoms with van der Waals surface area (Å²) in [6, 6.07) is -1.81. The highest BCUT2D eigenvalue weighted by molar-refractivity contribution is 8.56. The molecule has 2 aliphatic heterocycles. The third kappa shape index (κ3) is 6.05. The molecule has 7 atom stereocenters. The number of methoxy groups -OCH3 is 1. The maximum atomic E-state index is 13.5. The number of nitrogens with zero attached hydrogens (tertiary/aromatic N) is 1. The summed E-state index contributed by atoms with van der Waals surface area (Å²) < 4.78 is 30.2. The van der Waals surface area contributed by atoms with Gasteiger partial charge in [0.2, 0.25) is 0 Å². The number of H-pyrrole nitrogens is 1. The van der Waals surface area contributed by atoms with Gasteiger partial charge in [-0.25, -0.2) is 14.7 Å². The average Bonchev–Trinajstić information content (AvgIpc) is 3.24. The highest BCUT2D eigenvalue weighted by Crippen LogP contribution is 2.57. The van der Waals surface area contributed by atoms with Crippen LogP contribution in [0.25, 0.3) is 0 Å². The molecule has 1 unspecified atom stereocenters. The van der Waals surface area contributed by atoms with Crippen LogP contribution in [-0.2, 0) is 28.2 Å². The van der Waals surface area contributed by atoms with E-state index in [1.165, 1.54) is 13.8 Å². The lowest BCUT2D eigenvalue weighted by molar-refractivity contribution is -0.142. The molecular weight excluding hydrogens is 525 g/mol. The first-order valence-corrected chi connectivity index (χ1v) is 13.7. The van der Waals surface area contributed by atoms with Crippen molar-refractivity contribution >= 4 is 36.0 Å². The fourth-order valence-corrected chi connectivity index (χ4v) is 7.36. The van der Waals surface area contributed by atoms with E-state index in [1.807, 2.05) is 10.3 Å². The fraction of sp³-hybridized carbons (Fsp3) is 0.611. The van der Waals surface area contributed by atoms with Gasteiger partial charge in [-0.05, 0) is 13.8 Å². The van der Waals surface area contributed by atoms with Gasteiger partial charge in [-0.2, -0.15) is 0 Å². The SMILES string of the molecule is COC(=O)[C@@H](C)N[P@](=O)(OC[C@H]1O[C@@H](n2ccc(=O)[nH]c2=O)[C@](C)(O)[C@@H]1O)SCC1NC(=O)NC1=O. The molecular formula is C18H26N5O11PS. The molecule has 2 saturated heterocycles. The van der Waals surface area contributed by atoms with Crippen LogP contribution in [0.5, 0.6) is 0 Å². The maximum absolute atomic E-state index is 13.5. The largest absolute Gasteiger partial charge is 0.468 e. The minimum Gasteiger partial charge on any atom is -0.468 e. The molecule has 0 radical (unpaired) electrons. The summed E-state index contributed by atoms with van der Waals surface area (Å²) in [6.07, 6.45) is -3.28. The number of amides is 3. The van der Waals surface area contributed by atoms with E-state index < -0.39 is 78.6 Å². The maximum Gasteiger partial charge on any atom is 0.330 e. The molecule has 0 aliphatic carbocycles. The van der Waals surface area contributed by atoms with E-state index in [1.54, 1.807) is 0 Å². The Labute approximate surface area is 207 Å². The summed E-state index contributed by atoms with van der Waals surface area (Å²) in [4.78, 5) is 60.5. The lowest BCUT2D eigenvalue weighted by Crippen LogP contribution is -2.47. The van der Waals surface area contributed by atoms with Crippen molar-refractivity contribution < 1.29 is 43.2 Å². The van der Waals surface area contributed by atoms with Gasteiger partial charge in [-0.1, -0.05) is 11.4 Å². The summed E-state index contributed by atoms with van der Waals surface area (Å²) in [5, 5.41) is 28.3. The number of aliphatic hydroxyl groups is 2. The number of hydrogen-bond donors (Lipinski definition) is 6. The summed E-state index contributed by atoms with van der Waals surface area (Å²) in [5.41, 5.74) is -3.59. The van der Waals surface area contributed by atoms with Crippen molar-refractivity contribution in [3.05, 3.63) is 33.1 Å². The van der Waals surface area contributed by atoms with Crippen molar-refractivity contribution in [2.45, 2.75) is 50.0 Å². The van der Waals surface area contributed by atoms with Gasteiger partial charge in [0.1, 0.15) is 29.9 Å². The van der Waals surface area contributed by atoms with Crippen LogP contribution >= 0.6 is 18.1 Å².